The van der Waals surface area contributed by atoms with Gasteiger partial charge in [-0.15, -0.1) is 0 Å². The van der Waals surface area contributed by atoms with Gasteiger partial charge in [-0.3, -0.25) is 4.90 Å². The second-order valence-corrected chi connectivity index (χ2v) is 5.14. The fraction of sp³-hybridized carbons (Fsp3) is 0.467. The van der Waals surface area contributed by atoms with Gasteiger partial charge >= 0.3 is 0 Å². The zero-order valence-electron chi connectivity index (χ0n) is 11.6. The molecule has 1 aromatic heterocycles. The summed E-state index contributed by atoms with van der Waals surface area (Å²) in [6.45, 7) is 3.67. The van der Waals surface area contributed by atoms with Crippen molar-refractivity contribution in [3.8, 4) is 0 Å². The SMILES string of the molecule is CCc1noc(CN2CCCC2c2ccc(F)cc2)n1. The van der Waals surface area contributed by atoms with E-state index in [1.807, 2.05) is 19.1 Å². The summed E-state index contributed by atoms with van der Waals surface area (Å²) in [6, 6.07) is 7.09. The Morgan fingerprint density at radius 3 is 2.85 bits per heavy atom. The molecular weight excluding hydrogens is 257 g/mol. The monoisotopic (exact) mass is 275 g/mol. The molecule has 1 aromatic carbocycles. The summed E-state index contributed by atoms with van der Waals surface area (Å²) >= 11 is 0. The van der Waals surface area contributed by atoms with Crippen LogP contribution in [0, 0.1) is 5.82 Å². The van der Waals surface area contributed by atoms with E-state index in [-0.39, 0.29) is 5.82 Å². The molecule has 0 bridgehead atoms. The quantitative estimate of drug-likeness (QED) is 0.860. The molecule has 20 heavy (non-hydrogen) atoms. The second kappa shape index (κ2) is 5.71. The Bertz CT molecular complexity index is 567. The zero-order valence-corrected chi connectivity index (χ0v) is 11.6. The van der Waals surface area contributed by atoms with Gasteiger partial charge in [-0.1, -0.05) is 24.2 Å². The summed E-state index contributed by atoms with van der Waals surface area (Å²) in [5.41, 5.74) is 1.15. The van der Waals surface area contributed by atoms with E-state index in [1.165, 1.54) is 12.1 Å². The van der Waals surface area contributed by atoms with Crippen LogP contribution in [0.5, 0.6) is 0 Å². The van der Waals surface area contributed by atoms with Crippen molar-refractivity contribution in [3.05, 3.63) is 47.4 Å². The topological polar surface area (TPSA) is 42.2 Å². The summed E-state index contributed by atoms with van der Waals surface area (Å²) in [5.74, 6) is 1.22. The summed E-state index contributed by atoms with van der Waals surface area (Å²) < 4.78 is 18.3. The molecule has 5 heteroatoms. The van der Waals surface area contributed by atoms with Crippen molar-refractivity contribution in [3.63, 3.8) is 0 Å². The lowest BCUT2D eigenvalue weighted by Gasteiger charge is -2.23. The van der Waals surface area contributed by atoms with Gasteiger partial charge in [-0.05, 0) is 37.1 Å². The highest BCUT2D eigenvalue weighted by Gasteiger charge is 2.27. The lowest BCUT2D eigenvalue weighted by Crippen LogP contribution is -2.23. The third kappa shape index (κ3) is 2.72. The molecular formula is C15H18FN3O. The van der Waals surface area contributed by atoms with Crippen molar-refractivity contribution < 1.29 is 8.91 Å². The van der Waals surface area contributed by atoms with Crippen LogP contribution >= 0.6 is 0 Å². The van der Waals surface area contributed by atoms with Gasteiger partial charge in [-0.25, -0.2) is 4.39 Å². The first-order chi connectivity index (χ1) is 9.76. The van der Waals surface area contributed by atoms with Gasteiger partial charge in [0.25, 0.3) is 0 Å². The largest absolute Gasteiger partial charge is 0.338 e. The molecule has 3 rings (SSSR count). The number of benzene rings is 1. The van der Waals surface area contributed by atoms with E-state index >= 15 is 0 Å². The predicted octanol–water partition coefficient (Wildman–Crippen LogP) is 3.11. The van der Waals surface area contributed by atoms with Gasteiger partial charge in [0.1, 0.15) is 5.82 Å². The van der Waals surface area contributed by atoms with Gasteiger partial charge < -0.3 is 4.52 Å². The maximum absolute atomic E-state index is 13.0. The molecule has 1 aliphatic heterocycles. The lowest BCUT2D eigenvalue weighted by atomic mass is 10.0. The molecule has 1 unspecified atom stereocenters. The first-order valence-electron chi connectivity index (χ1n) is 7.07. The molecule has 1 saturated heterocycles. The summed E-state index contributed by atoms with van der Waals surface area (Å²) in [4.78, 5) is 6.67. The first kappa shape index (κ1) is 13.2. The van der Waals surface area contributed by atoms with Gasteiger partial charge in [0.2, 0.25) is 5.89 Å². The number of nitrogens with zero attached hydrogens (tertiary/aromatic N) is 3. The van der Waals surface area contributed by atoms with Crippen LogP contribution in [0.2, 0.25) is 0 Å². The van der Waals surface area contributed by atoms with E-state index in [1.54, 1.807) is 0 Å². The molecule has 106 valence electrons. The number of hydrogen-bond acceptors (Lipinski definition) is 4. The van der Waals surface area contributed by atoms with Crippen molar-refractivity contribution in [1.82, 2.24) is 15.0 Å². The van der Waals surface area contributed by atoms with Crippen LogP contribution in [-0.4, -0.2) is 21.6 Å². The van der Waals surface area contributed by atoms with Crippen LogP contribution in [0.3, 0.4) is 0 Å². The molecule has 4 nitrogen and oxygen atoms in total. The van der Waals surface area contributed by atoms with Crippen molar-refractivity contribution in [2.75, 3.05) is 6.54 Å². The number of likely N-dealkylation sites (tertiary alicyclic amines) is 1. The van der Waals surface area contributed by atoms with Gasteiger partial charge in [0.15, 0.2) is 5.82 Å². The third-order valence-electron chi connectivity index (χ3n) is 3.78. The highest BCUT2D eigenvalue weighted by molar-refractivity contribution is 5.21. The number of halogens is 1. The molecule has 1 fully saturated rings. The van der Waals surface area contributed by atoms with Crippen LogP contribution in [0.15, 0.2) is 28.8 Å². The second-order valence-electron chi connectivity index (χ2n) is 5.14. The smallest absolute Gasteiger partial charge is 0.240 e. The molecule has 1 aliphatic rings. The highest BCUT2D eigenvalue weighted by atomic mass is 19.1. The minimum atomic E-state index is -0.192. The zero-order chi connectivity index (χ0) is 13.9. The Morgan fingerprint density at radius 2 is 2.15 bits per heavy atom. The summed E-state index contributed by atoms with van der Waals surface area (Å²) in [6.07, 6.45) is 3.00. The van der Waals surface area contributed by atoms with E-state index in [2.05, 4.69) is 15.0 Å². The van der Waals surface area contributed by atoms with Crippen LogP contribution in [0.25, 0.3) is 0 Å². The van der Waals surface area contributed by atoms with Crippen molar-refractivity contribution in [2.45, 2.75) is 38.8 Å². The Morgan fingerprint density at radius 1 is 1.35 bits per heavy atom. The Labute approximate surface area is 117 Å². The Balaban J connectivity index is 1.73. The molecule has 2 heterocycles. The maximum atomic E-state index is 13.0. The Hall–Kier alpha value is -1.75. The molecule has 0 radical (unpaired) electrons. The number of aryl methyl sites for hydroxylation is 1. The average Bonchev–Trinajstić information content (AvgIpc) is 3.09. The van der Waals surface area contributed by atoms with E-state index in [0.717, 1.165) is 37.2 Å². The highest BCUT2D eigenvalue weighted by Crippen LogP contribution is 2.32. The van der Waals surface area contributed by atoms with E-state index in [4.69, 9.17) is 4.52 Å². The van der Waals surface area contributed by atoms with Gasteiger partial charge in [0.05, 0.1) is 6.54 Å². The van der Waals surface area contributed by atoms with Crippen LogP contribution < -0.4 is 0 Å². The molecule has 0 spiro atoms. The first-order valence-corrected chi connectivity index (χ1v) is 7.07. The van der Waals surface area contributed by atoms with Gasteiger partial charge in [-0.2, -0.15) is 4.98 Å². The minimum Gasteiger partial charge on any atom is -0.338 e. The molecule has 1 atom stereocenters. The summed E-state index contributed by atoms with van der Waals surface area (Å²) in [7, 11) is 0. The summed E-state index contributed by atoms with van der Waals surface area (Å²) in [5, 5.41) is 3.92. The lowest BCUT2D eigenvalue weighted by molar-refractivity contribution is 0.212. The van der Waals surface area contributed by atoms with Crippen molar-refractivity contribution >= 4 is 0 Å². The number of hydrogen-bond donors (Lipinski definition) is 0. The van der Waals surface area contributed by atoms with Crippen molar-refractivity contribution in [2.24, 2.45) is 0 Å². The maximum Gasteiger partial charge on any atom is 0.240 e. The van der Waals surface area contributed by atoms with Gasteiger partial charge in [0, 0.05) is 12.5 Å². The molecule has 0 aliphatic carbocycles. The van der Waals surface area contributed by atoms with Crippen molar-refractivity contribution in [1.29, 1.82) is 0 Å². The number of aromatic nitrogens is 2. The minimum absolute atomic E-state index is 0.192. The molecule has 0 saturated carbocycles. The molecule has 0 amide bonds. The average molecular weight is 275 g/mol. The fourth-order valence-electron chi connectivity index (χ4n) is 2.75. The fourth-order valence-corrected chi connectivity index (χ4v) is 2.75. The van der Waals surface area contributed by atoms with Crippen LogP contribution in [0.1, 0.15) is 43.1 Å². The van der Waals surface area contributed by atoms with Crippen LogP contribution in [-0.2, 0) is 13.0 Å². The normalized spacial score (nSPS) is 19.6. The number of rotatable bonds is 4. The standard InChI is InChI=1S/C15H18FN3O/c1-2-14-17-15(20-18-14)10-19-9-3-4-13(19)11-5-7-12(16)8-6-11/h5-8,13H,2-4,9-10H2,1H3. The third-order valence-corrected chi connectivity index (χ3v) is 3.78. The predicted molar refractivity (Wildman–Crippen MR) is 72.5 cm³/mol. The van der Waals surface area contributed by atoms with E-state index in [9.17, 15) is 4.39 Å². The van der Waals surface area contributed by atoms with E-state index < -0.39 is 0 Å². The Kier molecular flexibility index (Phi) is 3.78. The molecule has 0 N–H and O–H groups in total. The van der Waals surface area contributed by atoms with Crippen LogP contribution in [0.4, 0.5) is 4.39 Å². The van der Waals surface area contributed by atoms with E-state index in [0.29, 0.717) is 18.5 Å². The molecule has 2 aromatic rings.